The van der Waals surface area contributed by atoms with E-state index in [0.717, 1.165) is 38.7 Å². The minimum Gasteiger partial charge on any atom is -0.342 e. The van der Waals surface area contributed by atoms with Crippen LogP contribution in [0, 0.1) is 10.1 Å². The molecule has 0 spiro atoms. The lowest BCUT2D eigenvalue weighted by molar-refractivity contribution is -0.384. The molecule has 0 aliphatic carbocycles. The second kappa shape index (κ2) is 10.5. The topological polar surface area (TPSA) is 115 Å². The number of thioether (sulfide) groups is 1. The summed E-state index contributed by atoms with van der Waals surface area (Å²) in [6, 6.07) is 20.5. The Morgan fingerprint density at radius 1 is 1.05 bits per heavy atom. The van der Waals surface area contributed by atoms with Crippen LogP contribution in [0.1, 0.15) is 11.1 Å². The third kappa shape index (κ3) is 5.31. The number of aromatic nitrogens is 1. The van der Waals surface area contributed by atoms with E-state index in [9.17, 15) is 24.5 Å². The molecule has 2 heterocycles. The van der Waals surface area contributed by atoms with Crippen molar-refractivity contribution in [2.75, 3.05) is 11.9 Å². The van der Waals surface area contributed by atoms with Crippen molar-refractivity contribution in [3.63, 3.8) is 0 Å². The van der Waals surface area contributed by atoms with Gasteiger partial charge in [-0.3, -0.25) is 29.4 Å². The summed E-state index contributed by atoms with van der Waals surface area (Å²) in [6.45, 7) is 0.0356. The number of halogens is 1. The number of carbonyl (C=O) groups is 3. The largest absolute Gasteiger partial charge is 0.342 e. The summed E-state index contributed by atoms with van der Waals surface area (Å²) < 4.78 is 1.98. The van der Waals surface area contributed by atoms with Gasteiger partial charge in [0, 0.05) is 52.1 Å². The van der Waals surface area contributed by atoms with Gasteiger partial charge in [0.25, 0.3) is 16.8 Å². The van der Waals surface area contributed by atoms with Crippen molar-refractivity contribution in [3.05, 3.63) is 110 Å². The molecule has 4 aromatic rings. The first-order chi connectivity index (χ1) is 18.3. The van der Waals surface area contributed by atoms with Crippen LogP contribution in [0.4, 0.5) is 16.2 Å². The van der Waals surface area contributed by atoms with Gasteiger partial charge < -0.3 is 9.88 Å². The number of nitro benzene ring substituents is 1. The minimum absolute atomic E-state index is 0.0174. The number of amides is 3. The van der Waals surface area contributed by atoms with Crippen LogP contribution in [0.5, 0.6) is 0 Å². The molecule has 0 bridgehead atoms. The molecule has 1 fully saturated rings. The lowest BCUT2D eigenvalue weighted by atomic mass is 10.1. The fourth-order valence-corrected chi connectivity index (χ4v) is 5.15. The van der Waals surface area contributed by atoms with E-state index in [2.05, 4.69) is 5.32 Å². The molecule has 1 aliphatic rings. The quantitative estimate of drug-likeness (QED) is 0.175. The molecule has 11 heteroatoms. The zero-order valence-electron chi connectivity index (χ0n) is 19.7. The molecular weight excluding hydrogens is 528 g/mol. The number of para-hydroxylation sites is 1. The molecule has 3 amide bonds. The number of rotatable bonds is 7. The fourth-order valence-electron chi connectivity index (χ4n) is 4.13. The van der Waals surface area contributed by atoms with Gasteiger partial charge in [0.15, 0.2) is 0 Å². The highest BCUT2D eigenvalue weighted by Gasteiger charge is 2.36. The summed E-state index contributed by atoms with van der Waals surface area (Å²) in [6.07, 6.45) is 3.51. The molecule has 3 aromatic carbocycles. The van der Waals surface area contributed by atoms with Crippen LogP contribution in [0.15, 0.2) is 83.9 Å². The van der Waals surface area contributed by atoms with Gasteiger partial charge in [-0.05, 0) is 47.7 Å². The fraction of sp³-hybridized carbons (Fsp3) is 0.0741. The van der Waals surface area contributed by atoms with E-state index in [1.165, 1.54) is 12.1 Å². The van der Waals surface area contributed by atoms with Gasteiger partial charge in [-0.1, -0.05) is 48.0 Å². The van der Waals surface area contributed by atoms with Gasteiger partial charge in [-0.2, -0.15) is 0 Å². The highest BCUT2D eigenvalue weighted by atomic mass is 35.5. The number of hydrogen-bond acceptors (Lipinski definition) is 6. The van der Waals surface area contributed by atoms with Crippen LogP contribution >= 0.6 is 23.4 Å². The number of nitrogens with one attached hydrogen (secondary N) is 1. The monoisotopic (exact) mass is 546 g/mol. The summed E-state index contributed by atoms with van der Waals surface area (Å²) in [4.78, 5) is 49.7. The molecule has 5 rings (SSSR count). The molecule has 0 atom stereocenters. The number of carbonyl (C=O) groups excluding carboxylic acids is 3. The van der Waals surface area contributed by atoms with Crippen LogP contribution < -0.4 is 5.32 Å². The van der Waals surface area contributed by atoms with Crippen molar-refractivity contribution in [1.29, 1.82) is 0 Å². The van der Waals surface area contributed by atoms with E-state index in [0.29, 0.717) is 17.3 Å². The number of benzene rings is 3. The second-order valence-corrected chi connectivity index (χ2v) is 9.91. The van der Waals surface area contributed by atoms with Gasteiger partial charge in [-0.25, -0.2) is 0 Å². The summed E-state index contributed by atoms with van der Waals surface area (Å²) >= 11 is 6.72. The summed E-state index contributed by atoms with van der Waals surface area (Å²) in [5.41, 5.74) is 2.98. The number of hydrogen-bond donors (Lipinski definition) is 1. The highest BCUT2D eigenvalue weighted by molar-refractivity contribution is 8.18. The Labute approximate surface area is 225 Å². The predicted octanol–water partition coefficient (Wildman–Crippen LogP) is 5.93. The van der Waals surface area contributed by atoms with E-state index < -0.39 is 28.5 Å². The average molecular weight is 547 g/mol. The van der Waals surface area contributed by atoms with E-state index >= 15 is 0 Å². The Morgan fingerprint density at radius 3 is 2.55 bits per heavy atom. The molecule has 0 saturated carbocycles. The Bertz CT molecular complexity index is 1630. The lowest BCUT2D eigenvalue weighted by Crippen LogP contribution is -2.36. The molecule has 9 nitrogen and oxygen atoms in total. The number of nitrogens with zero attached hydrogens (tertiary/aromatic N) is 3. The van der Waals surface area contributed by atoms with Crippen molar-refractivity contribution < 1.29 is 19.3 Å². The minimum atomic E-state index is -0.548. The van der Waals surface area contributed by atoms with Gasteiger partial charge >= 0.3 is 0 Å². The summed E-state index contributed by atoms with van der Waals surface area (Å²) in [5, 5.41) is 14.4. The van der Waals surface area contributed by atoms with Crippen LogP contribution in [0.25, 0.3) is 17.0 Å². The Kier molecular flexibility index (Phi) is 6.99. The molecule has 190 valence electrons. The molecule has 1 N–H and O–H groups in total. The summed E-state index contributed by atoms with van der Waals surface area (Å²) in [5.74, 6) is -1.07. The first kappa shape index (κ1) is 25.2. The third-order valence-corrected chi connectivity index (χ3v) is 7.03. The van der Waals surface area contributed by atoms with Crippen molar-refractivity contribution in [2.45, 2.75) is 6.54 Å². The Morgan fingerprint density at radius 2 is 1.82 bits per heavy atom. The second-order valence-electron chi connectivity index (χ2n) is 8.48. The van der Waals surface area contributed by atoms with Crippen LogP contribution in [0.2, 0.25) is 5.02 Å². The van der Waals surface area contributed by atoms with Gasteiger partial charge in [0.2, 0.25) is 5.91 Å². The number of nitro groups is 1. The molecular formula is C27H19ClN4O5S. The zero-order valence-corrected chi connectivity index (χ0v) is 21.2. The van der Waals surface area contributed by atoms with Crippen LogP contribution in [0.3, 0.4) is 0 Å². The first-order valence-electron chi connectivity index (χ1n) is 11.4. The number of fused-ring (bicyclic) bond motifs is 1. The van der Waals surface area contributed by atoms with Crippen molar-refractivity contribution in [3.8, 4) is 0 Å². The zero-order chi connectivity index (χ0) is 26.8. The number of imide groups is 1. The maximum atomic E-state index is 13.0. The summed E-state index contributed by atoms with van der Waals surface area (Å²) in [7, 11) is 0. The standard InChI is InChI=1S/C27H19ClN4O5S/c28-19-4-3-5-20(13-19)29-25(33)16-31-26(34)24(38-27(31)35)12-18-15-30(23-7-2-1-6-22(18)23)14-17-8-10-21(11-9-17)32(36)37/h1-13,15H,14,16H2,(H,29,33)/b24-12-. The SMILES string of the molecule is O=C(CN1C(=O)S/C(=C\c2cn(Cc3ccc([N+](=O)[O-])cc3)c3ccccc23)C1=O)Nc1cccc(Cl)c1. The van der Waals surface area contributed by atoms with Crippen molar-refractivity contribution in [2.24, 2.45) is 0 Å². The maximum absolute atomic E-state index is 13.0. The van der Waals surface area contributed by atoms with Gasteiger partial charge in [0.1, 0.15) is 6.54 Å². The van der Waals surface area contributed by atoms with Crippen molar-refractivity contribution >= 4 is 68.8 Å². The van der Waals surface area contributed by atoms with E-state index in [-0.39, 0.29) is 10.6 Å². The van der Waals surface area contributed by atoms with Crippen LogP contribution in [-0.4, -0.2) is 38.0 Å². The maximum Gasteiger partial charge on any atom is 0.294 e. The molecule has 38 heavy (non-hydrogen) atoms. The number of anilines is 1. The lowest BCUT2D eigenvalue weighted by Gasteiger charge is -2.12. The van der Waals surface area contributed by atoms with E-state index in [4.69, 9.17) is 11.6 Å². The van der Waals surface area contributed by atoms with Gasteiger partial charge in [0.05, 0.1) is 9.83 Å². The normalized spacial score (nSPS) is 14.4. The van der Waals surface area contributed by atoms with Crippen molar-refractivity contribution in [1.82, 2.24) is 9.47 Å². The highest BCUT2D eigenvalue weighted by Crippen LogP contribution is 2.34. The van der Waals surface area contributed by atoms with E-state index in [1.54, 1.807) is 42.5 Å². The Balaban J connectivity index is 1.36. The van der Waals surface area contributed by atoms with Crippen LogP contribution in [-0.2, 0) is 16.1 Å². The molecule has 1 aliphatic heterocycles. The third-order valence-electron chi connectivity index (χ3n) is 5.89. The molecule has 0 unspecified atom stereocenters. The molecule has 0 radical (unpaired) electrons. The number of non-ortho nitro benzene ring substituents is 1. The van der Waals surface area contributed by atoms with Gasteiger partial charge in [-0.15, -0.1) is 0 Å². The Hall–Kier alpha value is -4.41. The van der Waals surface area contributed by atoms with E-state index in [1.807, 2.05) is 35.0 Å². The molecule has 1 aromatic heterocycles. The first-order valence-corrected chi connectivity index (χ1v) is 12.6. The predicted molar refractivity (Wildman–Crippen MR) is 147 cm³/mol. The molecule has 1 saturated heterocycles. The average Bonchev–Trinajstić information content (AvgIpc) is 3.36. The smallest absolute Gasteiger partial charge is 0.294 e.